The van der Waals surface area contributed by atoms with Gasteiger partial charge in [0.25, 0.3) is 0 Å². The van der Waals surface area contributed by atoms with Gasteiger partial charge < -0.3 is 10.4 Å². The molecule has 0 bridgehead atoms. The van der Waals surface area contributed by atoms with Gasteiger partial charge in [0, 0.05) is 10.6 Å². The SMILES string of the molecule is CSc1cccc(NC(=O)NOCC(=O)O)c1. The normalized spacial score (nSPS) is 9.71. The molecule has 0 aliphatic carbocycles. The van der Waals surface area contributed by atoms with Crippen LogP contribution in [-0.2, 0) is 9.63 Å². The minimum Gasteiger partial charge on any atom is -0.479 e. The third kappa shape index (κ3) is 5.23. The highest BCUT2D eigenvalue weighted by molar-refractivity contribution is 7.98. The third-order valence-corrected chi connectivity index (χ3v) is 2.41. The fraction of sp³-hybridized carbons (Fsp3) is 0.200. The molecule has 1 aromatic carbocycles. The number of carboxylic acids is 1. The second kappa shape index (κ2) is 6.77. The fourth-order valence-corrected chi connectivity index (χ4v) is 1.48. The maximum absolute atomic E-state index is 11.2. The van der Waals surface area contributed by atoms with Crippen LogP contribution in [0.5, 0.6) is 0 Å². The number of thioether (sulfide) groups is 1. The number of rotatable bonds is 5. The van der Waals surface area contributed by atoms with Crippen LogP contribution in [0.1, 0.15) is 0 Å². The first-order chi connectivity index (χ1) is 8.11. The highest BCUT2D eigenvalue weighted by Crippen LogP contribution is 2.18. The molecular weight excluding hydrogens is 244 g/mol. The summed E-state index contributed by atoms with van der Waals surface area (Å²) in [4.78, 5) is 26.8. The Balaban J connectivity index is 2.42. The summed E-state index contributed by atoms with van der Waals surface area (Å²) in [6.45, 7) is -0.585. The Kier molecular flexibility index (Phi) is 5.31. The van der Waals surface area contributed by atoms with Gasteiger partial charge in [-0.25, -0.2) is 15.1 Å². The van der Waals surface area contributed by atoms with E-state index in [9.17, 15) is 9.59 Å². The Morgan fingerprint density at radius 1 is 1.47 bits per heavy atom. The number of carboxylic acid groups (broad SMARTS) is 1. The van der Waals surface area contributed by atoms with Crippen LogP contribution in [0.4, 0.5) is 10.5 Å². The van der Waals surface area contributed by atoms with Crippen molar-refractivity contribution in [2.75, 3.05) is 18.2 Å². The summed E-state index contributed by atoms with van der Waals surface area (Å²) in [5.41, 5.74) is 2.57. The molecule has 2 amide bonds. The number of hydrogen-bond acceptors (Lipinski definition) is 4. The number of nitrogens with one attached hydrogen (secondary N) is 2. The van der Waals surface area contributed by atoms with Crippen molar-refractivity contribution in [2.45, 2.75) is 4.90 Å². The molecule has 0 unspecified atom stereocenters. The summed E-state index contributed by atoms with van der Waals surface area (Å²) in [6, 6.07) is 6.61. The number of hydrogen-bond donors (Lipinski definition) is 3. The number of carbonyl (C=O) groups excluding carboxylic acids is 1. The quantitative estimate of drug-likeness (QED) is 0.549. The minimum absolute atomic E-state index is 0.585. The molecule has 0 aliphatic rings. The van der Waals surface area contributed by atoms with E-state index in [0.29, 0.717) is 5.69 Å². The summed E-state index contributed by atoms with van der Waals surface area (Å²) in [7, 11) is 0. The van der Waals surface area contributed by atoms with E-state index in [-0.39, 0.29) is 0 Å². The zero-order chi connectivity index (χ0) is 12.7. The van der Waals surface area contributed by atoms with Crippen molar-refractivity contribution in [1.29, 1.82) is 0 Å². The van der Waals surface area contributed by atoms with E-state index in [0.717, 1.165) is 4.90 Å². The van der Waals surface area contributed by atoms with Crippen molar-refractivity contribution in [1.82, 2.24) is 5.48 Å². The topological polar surface area (TPSA) is 87.7 Å². The molecule has 92 valence electrons. The predicted molar refractivity (Wildman–Crippen MR) is 64.0 cm³/mol. The molecule has 3 N–H and O–H groups in total. The number of hydroxylamine groups is 1. The molecule has 7 heteroatoms. The molecular formula is C10H12N2O4S. The molecule has 0 aliphatic heterocycles. The van der Waals surface area contributed by atoms with E-state index >= 15 is 0 Å². The monoisotopic (exact) mass is 256 g/mol. The van der Waals surface area contributed by atoms with Crippen molar-refractivity contribution >= 4 is 29.4 Å². The van der Waals surface area contributed by atoms with Crippen LogP contribution < -0.4 is 10.8 Å². The molecule has 6 nitrogen and oxygen atoms in total. The van der Waals surface area contributed by atoms with Gasteiger partial charge in [-0.2, -0.15) is 0 Å². The van der Waals surface area contributed by atoms with Gasteiger partial charge in [-0.05, 0) is 24.5 Å². The van der Waals surface area contributed by atoms with E-state index < -0.39 is 18.6 Å². The molecule has 0 spiro atoms. The summed E-state index contributed by atoms with van der Waals surface area (Å²) < 4.78 is 0. The Bertz CT molecular complexity index is 411. The fourth-order valence-electron chi connectivity index (χ4n) is 1.02. The maximum atomic E-state index is 11.2. The van der Waals surface area contributed by atoms with Gasteiger partial charge in [-0.15, -0.1) is 11.8 Å². The molecule has 0 aromatic heterocycles. The maximum Gasteiger partial charge on any atom is 0.343 e. The van der Waals surface area contributed by atoms with Crippen LogP contribution in [0, 0.1) is 0 Å². The Morgan fingerprint density at radius 3 is 2.88 bits per heavy atom. The number of anilines is 1. The van der Waals surface area contributed by atoms with Gasteiger partial charge in [0.2, 0.25) is 0 Å². The number of urea groups is 1. The summed E-state index contributed by atoms with van der Waals surface area (Å²) in [5.74, 6) is -1.16. The summed E-state index contributed by atoms with van der Waals surface area (Å²) in [6.07, 6.45) is 1.93. The van der Waals surface area contributed by atoms with Crippen molar-refractivity contribution < 1.29 is 19.5 Å². The predicted octanol–water partition coefficient (Wildman–Crippen LogP) is 1.55. The standard InChI is InChI=1S/C10H12N2O4S/c1-17-8-4-2-3-7(5-8)11-10(15)12-16-6-9(13)14/h2-5H,6H2,1H3,(H,13,14)(H2,11,12,15). The lowest BCUT2D eigenvalue weighted by Crippen LogP contribution is -2.30. The molecule has 0 atom stereocenters. The molecule has 0 saturated heterocycles. The van der Waals surface area contributed by atoms with E-state index in [2.05, 4.69) is 10.2 Å². The molecule has 0 saturated carbocycles. The highest BCUT2D eigenvalue weighted by Gasteiger charge is 2.03. The van der Waals surface area contributed by atoms with E-state index in [4.69, 9.17) is 5.11 Å². The molecule has 0 fully saturated rings. The molecule has 17 heavy (non-hydrogen) atoms. The second-order valence-electron chi connectivity index (χ2n) is 2.97. The average Bonchev–Trinajstić information content (AvgIpc) is 2.28. The van der Waals surface area contributed by atoms with Crippen LogP contribution in [0.15, 0.2) is 29.2 Å². The highest BCUT2D eigenvalue weighted by atomic mass is 32.2. The van der Waals surface area contributed by atoms with Gasteiger partial charge >= 0.3 is 12.0 Å². The minimum atomic E-state index is -1.16. The first-order valence-electron chi connectivity index (χ1n) is 4.66. The van der Waals surface area contributed by atoms with Crippen molar-refractivity contribution in [3.05, 3.63) is 24.3 Å². The zero-order valence-electron chi connectivity index (χ0n) is 9.10. The molecule has 0 heterocycles. The van der Waals surface area contributed by atoms with Crippen LogP contribution in [-0.4, -0.2) is 30.0 Å². The lowest BCUT2D eigenvalue weighted by molar-refractivity contribution is -0.143. The average molecular weight is 256 g/mol. The summed E-state index contributed by atoms with van der Waals surface area (Å²) in [5, 5.41) is 10.8. The Morgan fingerprint density at radius 2 is 2.24 bits per heavy atom. The number of carbonyl (C=O) groups is 2. The van der Waals surface area contributed by atoms with Crippen LogP contribution in [0.25, 0.3) is 0 Å². The van der Waals surface area contributed by atoms with Crippen molar-refractivity contribution in [3.8, 4) is 0 Å². The lowest BCUT2D eigenvalue weighted by Gasteiger charge is -2.07. The van der Waals surface area contributed by atoms with Gasteiger partial charge in [-0.1, -0.05) is 6.07 Å². The van der Waals surface area contributed by atoms with Crippen LogP contribution >= 0.6 is 11.8 Å². The molecule has 1 aromatic rings. The second-order valence-corrected chi connectivity index (χ2v) is 3.85. The first kappa shape index (κ1) is 13.3. The smallest absolute Gasteiger partial charge is 0.343 e. The van der Waals surface area contributed by atoms with E-state index in [1.807, 2.05) is 17.8 Å². The Labute approximate surface area is 102 Å². The van der Waals surface area contributed by atoms with E-state index in [1.54, 1.807) is 30.0 Å². The Hall–Kier alpha value is -1.73. The van der Waals surface area contributed by atoms with Crippen LogP contribution in [0.3, 0.4) is 0 Å². The largest absolute Gasteiger partial charge is 0.479 e. The lowest BCUT2D eigenvalue weighted by atomic mass is 10.3. The van der Waals surface area contributed by atoms with Gasteiger partial charge in [0.15, 0.2) is 6.61 Å². The first-order valence-corrected chi connectivity index (χ1v) is 5.89. The third-order valence-electron chi connectivity index (χ3n) is 1.69. The summed E-state index contributed by atoms with van der Waals surface area (Å²) >= 11 is 1.55. The number of benzene rings is 1. The van der Waals surface area contributed by atoms with Gasteiger partial charge in [-0.3, -0.25) is 4.84 Å². The van der Waals surface area contributed by atoms with Gasteiger partial charge in [0.05, 0.1) is 0 Å². The van der Waals surface area contributed by atoms with Crippen molar-refractivity contribution in [3.63, 3.8) is 0 Å². The molecule has 0 radical (unpaired) electrons. The van der Waals surface area contributed by atoms with Gasteiger partial charge in [0.1, 0.15) is 0 Å². The zero-order valence-corrected chi connectivity index (χ0v) is 9.91. The number of amides is 2. The van der Waals surface area contributed by atoms with Crippen molar-refractivity contribution in [2.24, 2.45) is 0 Å². The van der Waals surface area contributed by atoms with Crippen LogP contribution in [0.2, 0.25) is 0 Å². The molecule has 1 rings (SSSR count). The van der Waals surface area contributed by atoms with E-state index in [1.165, 1.54) is 0 Å². The number of aliphatic carboxylic acids is 1.